The van der Waals surface area contributed by atoms with Gasteiger partial charge in [-0.05, 0) is 66.9 Å². The van der Waals surface area contributed by atoms with Gasteiger partial charge in [0.05, 0.1) is 28.6 Å². The largest absolute Gasteiger partial charge is 0.336 e. The zero-order valence-corrected chi connectivity index (χ0v) is 20.2. The molecule has 0 radical (unpaired) electrons. The summed E-state index contributed by atoms with van der Waals surface area (Å²) in [7, 11) is 0. The lowest BCUT2D eigenvalue weighted by Gasteiger charge is -2.24. The Hall–Kier alpha value is -4.92. The van der Waals surface area contributed by atoms with Gasteiger partial charge in [0, 0.05) is 34.8 Å². The molecule has 0 atom stereocenters. The number of aromatic amines is 2. The fraction of sp³-hybridized carbons (Fsp3) is 0.138. The summed E-state index contributed by atoms with van der Waals surface area (Å²) in [6.45, 7) is 0. The van der Waals surface area contributed by atoms with Gasteiger partial charge < -0.3 is 10.3 Å². The van der Waals surface area contributed by atoms with Gasteiger partial charge in [0.2, 0.25) is 5.91 Å². The fourth-order valence-electron chi connectivity index (χ4n) is 4.82. The Labute approximate surface area is 216 Å². The second kappa shape index (κ2) is 8.88. The molecule has 0 aliphatic heterocycles. The molecule has 0 saturated heterocycles. The molecule has 4 aromatic heterocycles. The van der Waals surface area contributed by atoms with Gasteiger partial charge >= 0.3 is 0 Å². The van der Waals surface area contributed by atoms with E-state index in [0.717, 1.165) is 52.4 Å². The highest BCUT2D eigenvalue weighted by atomic mass is 19.1. The van der Waals surface area contributed by atoms with Crippen molar-refractivity contribution in [2.24, 2.45) is 5.92 Å². The summed E-state index contributed by atoms with van der Waals surface area (Å²) in [5.74, 6) is 0.455. The Morgan fingerprint density at radius 2 is 1.76 bits per heavy atom. The van der Waals surface area contributed by atoms with Gasteiger partial charge in [-0.2, -0.15) is 5.10 Å². The van der Waals surface area contributed by atoms with Crippen LogP contribution in [0.1, 0.15) is 19.3 Å². The summed E-state index contributed by atoms with van der Waals surface area (Å²) in [6.07, 6.45) is 8.15. The van der Waals surface area contributed by atoms with E-state index < -0.39 is 0 Å². The van der Waals surface area contributed by atoms with Crippen LogP contribution in [0.3, 0.4) is 0 Å². The highest BCUT2D eigenvalue weighted by Crippen LogP contribution is 2.33. The normalized spacial score (nSPS) is 13.6. The Bertz CT molecular complexity index is 1820. The SMILES string of the molecule is O=C(Nc1cncc(-c2ccc3[nH]nc(-c4nc5c(-c6ccc(F)cc6)nccc5[nH]4)c3c2)c1)C1CCC1. The van der Waals surface area contributed by atoms with Gasteiger partial charge in [0.1, 0.15) is 17.0 Å². The highest BCUT2D eigenvalue weighted by molar-refractivity contribution is 5.98. The van der Waals surface area contributed by atoms with Gasteiger partial charge in [-0.25, -0.2) is 9.37 Å². The molecule has 2 aromatic carbocycles. The minimum absolute atomic E-state index is 0.0576. The van der Waals surface area contributed by atoms with E-state index in [0.29, 0.717) is 28.4 Å². The average molecular weight is 504 g/mol. The molecule has 186 valence electrons. The van der Waals surface area contributed by atoms with Crippen LogP contribution in [-0.4, -0.2) is 36.0 Å². The van der Waals surface area contributed by atoms with Gasteiger partial charge in [-0.1, -0.05) is 12.5 Å². The van der Waals surface area contributed by atoms with Crippen LogP contribution in [0.5, 0.6) is 0 Å². The summed E-state index contributed by atoms with van der Waals surface area (Å²) in [6, 6.07) is 16.0. The molecule has 1 aliphatic rings. The summed E-state index contributed by atoms with van der Waals surface area (Å²) >= 11 is 0. The van der Waals surface area contributed by atoms with Crippen LogP contribution in [0.15, 0.2) is 73.2 Å². The minimum Gasteiger partial charge on any atom is -0.336 e. The monoisotopic (exact) mass is 503 g/mol. The number of rotatable bonds is 5. The summed E-state index contributed by atoms with van der Waals surface area (Å²) in [5.41, 5.74) is 6.98. The molecular formula is C29H22FN7O. The third kappa shape index (κ3) is 3.88. The van der Waals surface area contributed by atoms with Crippen molar-refractivity contribution >= 4 is 33.5 Å². The van der Waals surface area contributed by atoms with Crippen LogP contribution >= 0.6 is 0 Å². The molecule has 38 heavy (non-hydrogen) atoms. The van der Waals surface area contributed by atoms with Crippen molar-refractivity contribution in [3.05, 3.63) is 79.0 Å². The number of H-pyrrole nitrogens is 2. The number of anilines is 1. The van der Waals surface area contributed by atoms with Gasteiger partial charge in [0.25, 0.3) is 0 Å². The van der Waals surface area contributed by atoms with E-state index in [9.17, 15) is 9.18 Å². The third-order valence-electron chi connectivity index (χ3n) is 7.12. The van der Waals surface area contributed by atoms with Crippen LogP contribution in [0.2, 0.25) is 0 Å². The first kappa shape index (κ1) is 22.3. The van der Waals surface area contributed by atoms with Crippen LogP contribution in [0.25, 0.3) is 55.8 Å². The molecule has 7 rings (SSSR count). The number of pyridine rings is 2. The molecule has 1 aliphatic carbocycles. The van der Waals surface area contributed by atoms with Crippen LogP contribution in [0.4, 0.5) is 10.1 Å². The number of benzene rings is 2. The first-order valence-corrected chi connectivity index (χ1v) is 12.5. The van der Waals surface area contributed by atoms with Crippen molar-refractivity contribution in [1.82, 2.24) is 30.1 Å². The molecular weight excluding hydrogens is 481 g/mol. The number of nitrogens with one attached hydrogen (secondary N) is 3. The molecule has 4 heterocycles. The van der Waals surface area contributed by atoms with Crippen molar-refractivity contribution < 1.29 is 9.18 Å². The Kier molecular flexibility index (Phi) is 5.21. The van der Waals surface area contributed by atoms with E-state index >= 15 is 0 Å². The Morgan fingerprint density at radius 3 is 2.58 bits per heavy atom. The van der Waals surface area contributed by atoms with Gasteiger partial charge in [-0.3, -0.25) is 19.9 Å². The molecule has 1 amide bonds. The quantitative estimate of drug-likeness (QED) is 0.263. The summed E-state index contributed by atoms with van der Waals surface area (Å²) < 4.78 is 13.5. The van der Waals surface area contributed by atoms with Crippen molar-refractivity contribution in [2.75, 3.05) is 5.32 Å². The van der Waals surface area contributed by atoms with E-state index in [1.54, 1.807) is 30.7 Å². The number of hydrogen-bond donors (Lipinski definition) is 3. The summed E-state index contributed by atoms with van der Waals surface area (Å²) in [4.78, 5) is 29.4. The van der Waals surface area contributed by atoms with Crippen molar-refractivity contribution in [3.8, 4) is 33.9 Å². The molecule has 6 aromatic rings. The number of fused-ring (bicyclic) bond motifs is 2. The second-order valence-electron chi connectivity index (χ2n) is 9.56. The van der Waals surface area contributed by atoms with Crippen molar-refractivity contribution in [3.63, 3.8) is 0 Å². The topological polar surface area (TPSA) is 112 Å². The summed E-state index contributed by atoms with van der Waals surface area (Å²) in [5, 5.41) is 11.5. The standard InChI is InChI=1S/C29H22FN7O/c30-20-7-4-16(5-8-20)25-27-24(10-11-32-25)34-28(35-27)26-22-13-18(6-9-23(22)36-37-26)19-12-21(15-31-14-19)33-29(38)17-2-1-3-17/h4-15,17H,1-3H2,(H,33,38)(H,34,35)(H,36,37). The van der Waals surface area contributed by atoms with Crippen LogP contribution in [-0.2, 0) is 4.79 Å². The minimum atomic E-state index is -0.302. The number of aromatic nitrogens is 6. The Balaban J connectivity index is 1.26. The molecule has 0 unspecified atom stereocenters. The molecule has 1 fully saturated rings. The van der Waals surface area contributed by atoms with Crippen LogP contribution < -0.4 is 5.32 Å². The predicted molar refractivity (Wildman–Crippen MR) is 144 cm³/mol. The fourth-order valence-corrected chi connectivity index (χ4v) is 4.82. The third-order valence-corrected chi connectivity index (χ3v) is 7.12. The molecule has 0 spiro atoms. The smallest absolute Gasteiger partial charge is 0.227 e. The van der Waals surface area contributed by atoms with Crippen LogP contribution in [0, 0.1) is 11.7 Å². The maximum atomic E-state index is 13.5. The van der Waals surface area contributed by atoms with Crippen molar-refractivity contribution in [2.45, 2.75) is 19.3 Å². The molecule has 0 bridgehead atoms. The molecule has 9 heteroatoms. The van der Waals surface area contributed by atoms with E-state index in [4.69, 9.17) is 4.98 Å². The first-order chi connectivity index (χ1) is 18.6. The second-order valence-corrected chi connectivity index (χ2v) is 9.56. The maximum Gasteiger partial charge on any atom is 0.227 e. The predicted octanol–water partition coefficient (Wildman–Crippen LogP) is 6.11. The Morgan fingerprint density at radius 1 is 0.921 bits per heavy atom. The zero-order valence-electron chi connectivity index (χ0n) is 20.2. The molecule has 3 N–H and O–H groups in total. The number of imidazole rings is 1. The van der Waals surface area contributed by atoms with Crippen molar-refractivity contribution in [1.29, 1.82) is 0 Å². The lowest BCUT2D eigenvalue weighted by molar-refractivity contribution is -0.122. The zero-order chi connectivity index (χ0) is 25.6. The number of nitrogens with zero attached hydrogens (tertiary/aromatic N) is 4. The van der Waals surface area contributed by atoms with E-state index in [1.165, 1.54) is 12.1 Å². The highest BCUT2D eigenvalue weighted by Gasteiger charge is 2.25. The van der Waals surface area contributed by atoms with E-state index in [1.807, 2.05) is 30.3 Å². The van der Waals surface area contributed by atoms with E-state index in [2.05, 4.69) is 30.5 Å². The lowest BCUT2D eigenvalue weighted by Crippen LogP contribution is -2.28. The number of carbonyl (C=O) groups is 1. The molecule has 8 nitrogen and oxygen atoms in total. The number of amides is 1. The number of carbonyl (C=O) groups excluding carboxylic acids is 1. The first-order valence-electron chi connectivity index (χ1n) is 12.5. The number of hydrogen-bond acceptors (Lipinski definition) is 5. The average Bonchev–Trinajstić information content (AvgIpc) is 3.52. The maximum absolute atomic E-state index is 13.5. The molecule has 1 saturated carbocycles. The van der Waals surface area contributed by atoms with Gasteiger partial charge in [-0.15, -0.1) is 0 Å². The van der Waals surface area contributed by atoms with Gasteiger partial charge in [0.15, 0.2) is 5.82 Å². The lowest BCUT2D eigenvalue weighted by atomic mass is 9.85. The number of halogens is 1. The van der Waals surface area contributed by atoms with E-state index in [-0.39, 0.29) is 17.6 Å².